The van der Waals surface area contributed by atoms with Crippen molar-refractivity contribution in [2.75, 3.05) is 35.0 Å². The smallest absolute Gasteiger partial charge is 0.272 e. The number of carbonyl (C=O) groups excluding carboxylic acids is 1. The van der Waals surface area contributed by atoms with Crippen molar-refractivity contribution in [3.05, 3.63) is 52.6 Å². The van der Waals surface area contributed by atoms with Gasteiger partial charge in [-0.25, -0.2) is 4.39 Å². The molecule has 0 unspecified atom stereocenters. The first kappa shape index (κ1) is 22.5. The number of ether oxygens (including phenoxy) is 4. The van der Waals surface area contributed by atoms with E-state index in [1.165, 1.54) is 44.8 Å². The van der Waals surface area contributed by atoms with E-state index in [2.05, 4.69) is 4.99 Å². The summed E-state index contributed by atoms with van der Waals surface area (Å²) in [6.45, 7) is 0.739. The monoisotopic (exact) mass is 446 g/mol. The van der Waals surface area contributed by atoms with Gasteiger partial charge in [0.2, 0.25) is 5.75 Å². The lowest BCUT2D eigenvalue weighted by molar-refractivity contribution is -0.113. The largest absolute Gasteiger partial charge is 0.493 e. The number of carbonyl (C=O) groups is 1. The second-order valence-electron chi connectivity index (χ2n) is 6.36. The van der Waals surface area contributed by atoms with Crippen LogP contribution in [0.2, 0.25) is 0 Å². The third-order valence-corrected chi connectivity index (χ3v) is 5.53. The van der Waals surface area contributed by atoms with E-state index in [4.69, 9.17) is 18.9 Å². The average molecular weight is 447 g/mol. The molecule has 0 saturated heterocycles. The molecule has 9 heteroatoms. The van der Waals surface area contributed by atoms with Gasteiger partial charge in [0.1, 0.15) is 5.82 Å². The highest BCUT2D eigenvalue weighted by molar-refractivity contribution is 7.16. The first-order chi connectivity index (χ1) is 15.0. The fraction of sp³-hybridized carbons (Fsp3) is 0.273. The van der Waals surface area contributed by atoms with Crippen LogP contribution in [0.25, 0.3) is 16.3 Å². The van der Waals surface area contributed by atoms with Gasteiger partial charge < -0.3 is 23.5 Å². The fourth-order valence-electron chi connectivity index (χ4n) is 3.06. The van der Waals surface area contributed by atoms with Crippen molar-refractivity contribution in [3.8, 4) is 17.2 Å². The van der Waals surface area contributed by atoms with Crippen molar-refractivity contribution in [3.63, 3.8) is 0 Å². The minimum Gasteiger partial charge on any atom is -0.493 e. The van der Waals surface area contributed by atoms with Gasteiger partial charge in [-0.05, 0) is 35.9 Å². The fourth-order valence-corrected chi connectivity index (χ4v) is 4.13. The van der Waals surface area contributed by atoms with Crippen LogP contribution in [0.3, 0.4) is 0 Å². The molecule has 7 nitrogen and oxygen atoms in total. The number of amides is 1. The minimum atomic E-state index is -0.480. The van der Waals surface area contributed by atoms with Gasteiger partial charge in [0.25, 0.3) is 5.91 Å². The summed E-state index contributed by atoms with van der Waals surface area (Å²) in [7, 11) is 6.12. The van der Waals surface area contributed by atoms with Crippen molar-refractivity contribution in [2.24, 2.45) is 4.99 Å². The number of hydrogen-bond donors (Lipinski definition) is 0. The van der Waals surface area contributed by atoms with Gasteiger partial charge in [-0.15, -0.1) is 0 Å². The van der Waals surface area contributed by atoms with Crippen molar-refractivity contribution in [2.45, 2.75) is 6.54 Å². The summed E-state index contributed by atoms with van der Waals surface area (Å²) in [4.78, 5) is 17.1. The molecule has 164 valence electrons. The maximum atomic E-state index is 14.4. The maximum absolute atomic E-state index is 14.4. The number of hydrogen-bond acceptors (Lipinski definition) is 6. The number of halogens is 1. The van der Waals surface area contributed by atoms with Gasteiger partial charge >= 0.3 is 0 Å². The zero-order chi connectivity index (χ0) is 22.4. The van der Waals surface area contributed by atoms with Crippen LogP contribution in [0.1, 0.15) is 5.56 Å². The predicted molar refractivity (Wildman–Crippen MR) is 117 cm³/mol. The van der Waals surface area contributed by atoms with Crippen LogP contribution < -0.4 is 19.0 Å². The number of rotatable bonds is 8. The summed E-state index contributed by atoms with van der Waals surface area (Å²) in [5.74, 6) is 0.565. The third-order valence-electron chi connectivity index (χ3n) is 4.48. The molecule has 1 amide bonds. The van der Waals surface area contributed by atoms with Crippen LogP contribution in [-0.4, -0.2) is 45.5 Å². The van der Waals surface area contributed by atoms with Gasteiger partial charge in [-0.2, -0.15) is 4.99 Å². The lowest BCUT2D eigenvalue weighted by Gasteiger charge is -2.12. The predicted octanol–water partition coefficient (Wildman–Crippen LogP) is 3.65. The normalized spacial score (nSPS) is 12.0. The van der Waals surface area contributed by atoms with Crippen molar-refractivity contribution >= 4 is 33.5 Å². The Hall–Kier alpha value is -3.17. The third kappa shape index (κ3) is 4.95. The van der Waals surface area contributed by atoms with Crippen molar-refractivity contribution in [1.82, 2.24) is 4.57 Å². The molecule has 0 aliphatic heterocycles. The average Bonchev–Trinajstić information content (AvgIpc) is 3.13. The minimum absolute atomic E-state index is 0.364. The highest BCUT2D eigenvalue weighted by Gasteiger charge is 2.13. The highest BCUT2D eigenvalue weighted by atomic mass is 32.1. The molecule has 0 N–H and O–H groups in total. The molecular formula is C22H23FN2O5S. The van der Waals surface area contributed by atoms with Crippen LogP contribution in [0.15, 0.2) is 41.4 Å². The van der Waals surface area contributed by atoms with Crippen molar-refractivity contribution in [1.29, 1.82) is 0 Å². The first-order valence-electron chi connectivity index (χ1n) is 9.36. The Bertz CT molecular complexity index is 1160. The Balaban J connectivity index is 1.97. The van der Waals surface area contributed by atoms with E-state index < -0.39 is 5.91 Å². The van der Waals surface area contributed by atoms with E-state index in [1.54, 1.807) is 42.0 Å². The molecule has 0 fully saturated rings. The molecule has 3 aromatic rings. The van der Waals surface area contributed by atoms with Crippen LogP contribution in [0.4, 0.5) is 4.39 Å². The first-order valence-corrected chi connectivity index (χ1v) is 10.2. The molecule has 1 heterocycles. The summed E-state index contributed by atoms with van der Waals surface area (Å²) >= 11 is 1.25. The molecule has 0 bridgehead atoms. The van der Waals surface area contributed by atoms with E-state index >= 15 is 0 Å². The molecule has 0 aliphatic carbocycles. The number of fused-ring (bicyclic) bond motifs is 1. The molecular weight excluding hydrogens is 423 g/mol. The zero-order valence-electron chi connectivity index (χ0n) is 17.7. The number of aromatic nitrogens is 1. The van der Waals surface area contributed by atoms with E-state index in [9.17, 15) is 9.18 Å². The molecule has 0 saturated carbocycles. The lowest BCUT2D eigenvalue weighted by Crippen LogP contribution is -2.19. The van der Waals surface area contributed by atoms with Gasteiger partial charge in [-0.3, -0.25) is 4.79 Å². The molecule has 1 aromatic heterocycles. The molecule has 0 spiro atoms. The summed E-state index contributed by atoms with van der Waals surface area (Å²) in [5.41, 5.74) is 1.08. The van der Waals surface area contributed by atoms with Gasteiger partial charge in [0, 0.05) is 19.7 Å². The Morgan fingerprint density at radius 2 is 1.84 bits per heavy atom. The second-order valence-corrected chi connectivity index (χ2v) is 7.37. The van der Waals surface area contributed by atoms with E-state index in [1.807, 2.05) is 0 Å². The Labute approximate surface area is 183 Å². The van der Waals surface area contributed by atoms with Crippen LogP contribution in [-0.2, 0) is 16.1 Å². The number of thiazole rings is 1. The van der Waals surface area contributed by atoms with Gasteiger partial charge in [-0.1, -0.05) is 17.4 Å². The van der Waals surface area contributed by atoms with E-state index in [-0.39, 0.29) is 5.82 Å². The van der Waals surface area contributed by atoms with Gasteiger partial charge in [0.05, 0.1) is 38.2 Å². The molecule has 2 aromatic carbocycles. The summed E-state index contributed by atoms with van der Waals surface area (Å²) in [5, 5.41) is 0. The quantitative estimate of drug-likeness (QED) is 0.494. The zero-order valence-corrected chi connectivity index (χ0v) is 18.5. The molecule has 0 atom stereocenters. The standard InChI is InChI=1S/C22H23FN2O5S/c1-27-11-10-25-20-15(23)6-5-7-18(20)31-22(25)24-19(26)9-8-14-12-16(28-2)21(30-4)17(13-14)29-3/h5-9,12-13H,10-11H2,1-4H3/b9-8-,24-22?. The molecule has 0 aliphatic rings. The number of methoxy groups -OCH3 is 4. The van der Waals surface area contributed by atoms with Crippen molar-refractivity contribution < 1.29 is 28.1 Å². The maximum Gasteiger partial charge on any atom is 0.272 e. The second kappa shape index (κ2) is 10.2. The topological polar surface area (TPSA) is 71.3 Å². The summed E-state index contributed by atoms with van der Waals surface area (Å²) in [6, 6.07) is 8.25. The number of nitrogens with zero attached hydrogens (tertiary/aromatic N) is 2. The van der Waals surface area contributed by atoms with E-state index in [0.29, 0.717) is 51.0 Å². The Morgan fingerprint density at radius 1 is 1.13 bits per heavy atom. The summed E-state index contributed by atoms with van der Waals surface area (Å²) in [6.07, 6.45) is 2.94. The van der Waals surface area contributed by atoms with Gasteiger partial charge in [0.15, 0.2) is 16.3 Å². The van der Waals surface area contributed by atoms with E-state index in [0.717, 1.165) is 0 Å². The lowest BCUT2D eigenvalue weighted by atomic mass is 10.1. The SMILES string of the molecule is COCCn1c(=NC(=O)/C=C\c2cc(OC)c(OC)c(OC)c2)sc2cccc(F)c21. The Morgan fingerprint density at radius 3 is 2.45 bits per heavy atom. The molecule has 31 heavy (non-hydrogen) atoms. The number of benzene rings is 2. The molecule has 3 rings (SSSR count). The van der Waals surface area contributed by atoms with Crippen LogP contribution in [0, 0.1) is 5.82 Å². The molecule has 0 radical (unpaired) electrons. The van der Waals surface area contributed by atoms with Crippen LogP contribution >= 0.6 is 11.3 Å². The van der Waals surface area contributed by atoms with Crippen LogP contribution in [0.5, 0.6) is 17.2 Å². The Kier molecular flexibility index (Phi) is 7.43. The summed E-state index contributed by atoms with van der Waals surface area (Å²) < 4.78 is 37.8. The highest BCUT2D eigenvalue weighted by Crippen LogP contribution is 2.38. The number of para-hydroxylation sites is 1.